The smallest absolute Gasteiger partial charge is 0.423 e. The van der Waals surface area contributed by atoms with Gasteiger partial charge in [-0.3, -0.25) is 4.79 Å². The quantitative estimate of drug-likeness (QED) is 0.544. The van der Waals surface area contributed by atoms with E-state index in [0.717, 1.165) is 5.56 Å². The van der Waals surface area contributed by atoms with Gasteiger partial charge in [0.25, 0.3) is 0 Å². The molecule has 0 aliphatic carbocycles. The molecule has 5 heteroatoms. The van der Waals surface area contributed by atoms with E-state index in [1.807, 2.05) is 6.07 Å². The van der Waals surface area contributed by atoms with Crippen molar-refractivity contribution in [3.8, 4) is 0 Å². The first-order valence-electron chi connectivity index (χ1n) is 4.75. The van der Waals surface area contributed by atoms with Crippen LogP contribution in [-0.4, -0.2) is 29.5 Å². The molecule has 0 saturated carbocycles. The molecule has 0 aliphatic rings. The van der Waals surface area contributed by atoms with Crippen LogP contribution < -0.4 is 10.8 Å². The number of rotatable bonds is 5. The Balaban J connectivity index is 2.63. The largest absolute Gasteiger partial charge is 0.488 e. The molecule has 0 heterocycles. The number of nitrogens with one attached hydrogen (secondary N) is 1. The van der Waals surface area contributed by atoms with E-state index < -0.39 is 7.12 Å². The molecule has 3 N–H and O–H groups in total. The van der Waals surface area contributed by atoms with Gasteiger partial charge in [-0.2, -0.15) is 0 Å². The third kappa shape index (κ3) is 3.83. The fourth-order valence-corrected chi connectivity index (χ4v) is 1.32. The molecule has 1 rings (SSSR count). The van der Waals surface area contributed by atoms with Crippen LogP contribution in [0.3, 0.4) is 0 Å². The average molecular weight is 207 g/mol. The van der Waals surface area contributed by atoms with Gasteiger partial charge in [0, 0.05) is 6.54 Å². The van der Waals surface area contributed by atoms with E-state index in [9.17, 15) is 4.79 Å². The summed E-state index contributed by atoms with van der Waals surface area (Å²) >= 11 is 0. The van der Waals surface area contributed by atoms with Crippen molar-refractivity contribution in [2.75, 3.05) is 6.54 Å². The van der Waals surface area contributed by atoms with Crippen LogP contribution in [0.1, 0.15) is 12.5 Å². The number of benzene rings is 1. The lowest BCUT2D eigenvalue weighted by molar-refractivity contribution is -0.116. The van der Waals surface area contributed by atoms with E-state index in [4.69, 9.17) is 10.0 Å². The molecule has 0 saturated heterocycles. The molecule has 0 spiro atoms. The van der Waals surface area contributed by atoms with Gasteiger partial charge < -0.3 is 15.4 Å². The summed E-state index contributed by atoms with van der Waals surface area (Å²) in [6.07, 6.45) is 0. The second kappa shape index (κ2) is 5.65. The summed E-state index contributed by atoms with van der Waals surface area (Å²) in [6.45, 7) is 2.24. The Morgan fingerprint density at radius 1 is 1.40 bits per heavy atom. The van der Waals surface area contributed by atoms with E-state index in [1.165, 1.54) is 6.92 Å². The average Bonchev–Trinajstić information content (AvgIpc) is 2.17. The van der Waals surface area contributed by atoms with Crippen molar-refractivity contribution in [3.05, 3.63) is 29.8 Å². The highest BCUT2D eigenvalue weighted by Gasteiger charge is 2.14. The van der Waals surface area contributed by atoms with Crippen molar-refractivity contribution < 1.29 is 14.8 Å². The maximum Gasteiger partial charge on any atom is 0.488 e. The third-order valence-electron chi connectivity index (χ3n) is 2.02. The van der Waals surface area contributed by atoms with E-state index in [0.29, 0.717) is 12.0 Å². The molecule has 0 aromatic heterocycles. The lowest BCUT2D eigenvalue weighted by atomic mass is 9.77. The first-order valence-corrected chi connectivity index (χ1v) is 4.75. The summed E-state index contributed by atoms with van der Waals surface area (Å²) < 4.78 is 0. The SMILES string of the molecule is CC(=O)CNCc1ccccc1B(O)O. The van der Waals surface area contributed by atoms with Crippen molar-refractivity contribution in [3.63, 3.8) is 0 Å². The number of carbonyl (C=O) groups is 1. The maximum atomic E-state index is 10.7. The van der Waals surface area contributed by atoms with Crippen LogP contribution in [0.4, 0.5) is 0 Å². The molecule has 0 bridgehead atoms. The van der Waals surface area contributed by atoms with Gasteiger partial charge in [-0.15, -0.1) is 0 Å². The second-order valence-corrected chi connectivity index (χ2v) is 3.38. The van der Waals surface area contributed by atoms with Crippen molar-refractivity contribution in [1.29, 1.82) is 0 Å². The predicted molar refractivity (Wildman–Crippen MR) is 58.7 cm³/mol. The predicted octanol–water partition coefficient (Wildman–Crippen LogP) is -0.955. The summed E-state index contributed by atoms with van der Waals surface area (Å²) in [5.41, 5.74) is 1.25. The van der Waals surface area contributed by atoms with Gasteiger partial charge in [0.2, 0.25) is 0 Å². The number of hydrogen-bond acceptors (Lipinski definition) is 4. The molecular weight excluding hydrogens is 193 g/mol. The van der Waals surface area contributed by atoms with E-state index in [1.54, 1.807) is 18.2 Å². The molecule has 1 aromatic carbocycles. The molecule has 0 atom stereocenters. The molecule has 0 fully saturated rings. The van der Waals surface area contributed by atoms with Gasteiger partial charge in [0.15, 0.2) is 0 Å². The minimum Gasteiger partial charge on any atom is -0.423 e. The lowest BCUT2D eigenvalue weighted by Gasteiger charge is -2.08. The molecule has 0 radical (unpaired) electrons. The molecule has 0 aliphatic heterocycles. The Kier molecular flexibility index (Phi) is 4.49. The van der Waals surface area contributed by atoms with Crippen LogP contribution in [0.2, 0.25) is 0 Å². The van der Waals surface area contributed by atoms with Crippen LogP contribution >= 0.6 is 0 Å². The Hall–Kier alpha value is -1.17. The van der Waals surface area contributed by atoms with Crippen molar-refractivity contribution in [2.45, 2.75) is 13.5 Å². The normalized spacial score (nSPS) is 10.1. The summed E-state index contributed by atoms with van der Waals surface area (Å²) in [5, 5.41) is 21.1. The van der Waals surface area contributed by atoms with Crippen LogP contribution in [0.5, 0.6) is 0 Å². The summed E-state index contributed by atoms with van der Waals surface area (Å²) in [7, 11) is -1.47. The molecule has 0 amide bonds. The highest BCUT2D eigenvalue weighted by atomic mass is 16.4. The van der Waals surface area contributed by atoms with Crippen molar-refractivity contribution >= 4 is 18.4 Å². The van der Waals surface area contributed by atoms with Crippen LogP contribution in [0, 0.1) is 0 Å². The van der Waals surface area contributed by atoms with Gasteiger partial charge in [0.05, 0.1) is 6.54 Å². The molecule has 0 unspecified atom stereocenters. The summed E-state index contributed by atoms with van der Waals surface area (Å²) in [6, 6.07) is 7.00. The summed E-state index contributed by atoms with van der Waals surface area (Å²) in [5.74, 6) is 0.0528. The molecule has 1 aromatic rings. The molecule has 80 valence electrons. The fraction of sp³-hybridized carbons (Fsp3) is 0.300. The van der Waals surface area contributed by atoms with Gasteiger partial charge in [-0.1, -0.05) is 24.3 Å². The molecular formula is C10H14BNO3. The molecule has 4 nitrogen and oxygen atoms in total. The number of ketones is 1. The number of hydrogen-bond donors (Lipinski definition) is 3. The van der Waals surface area contributed by atoms with Gasteiger partial charge in [-0.05, 0) is 17.9 Å². The van der Waals surface area contributed by atoms with Crippen molar-refractivity contribution in [1.82, 2.24) is 5.32 Å². The second-order valence-electron chi connectivity index (χ2n) is 3.38. The lowest BCUT2D eigenvalue weighted by Crippen LogP contribution is -2.35. The topological polar surface area (TPSA) is 69.6 Å². The van der Waals surface area contributed by atoms with Gasteiger partial charge >= 0.3 is 7.12 Å². The van der Waals surface area contributed by atoms with Crippen LogP contribution in [-0.2, 0) is 11.3 Å². The highest BCUT2D eigenvalue weighted by Crippen LogP contribution is 1.96. The Morgan fingerprint density at radius 3 is 2.67 bits per heavy atom. The zero-order chi connectivity index (χ0) is 11.3. The highest BCUT2D eigenvalue weighted by molar-refractivity contribution is 6.59. The zero-order valence-electron chi connectivity index (χ0n) is 8.60. The zero-order valence-corrected chi connectivity index (χ0v) is 8.60. The minimum atomic E-state index is -1.47. The van der Waals surface area contributed by atoms with Crippen LogP contribution in [0.25, 0.3) is 0 Å². The molecule has 15 heavy (non-hydrogen) atoms. The first kappa shape index (κ1) is 11.9. The third-order valence-corrected chi connectivity index (χ3v) is 2.02. The van der Waals surface area contributed by atoms with E-state index in [2.05, 4.69) is 5.32 Å². The summed E-state index contributed by atoms with van der Waals surface area (Å²) in [4.78, 5) is 10.7. The van der Waals surface area contributed by atoms with Gasteiger partial charge in [-0.25, -0.2) is 0 Å². The Labute approximate surface area is 89.1 Å². The maximum absolute atomic E-state index is 10.7. The Morgan fingerprint density at radius 2 is 2.07 bits per heavy atom. The Bertz CT molecular complexity index is 341. The first-order chi connectivity index (χ1) is 7.11. The van der Waals surface area contributed by atoms with Crippen LogP contribution in [0.15, 0.2) is 24.3 Å². The van der Waals surface area contributed by atoms with E-state index in [-0.39, 0.29) is 12.3 Å². The van der Waals surface area contributed by atoms with Crippen molar-refractivity contribution in [2.24, 2.45) is 0 Å². The van der Waals surface area contributed by atoms with E-state index >= 15 is 0 Å². The monoisotopic (exact) mass is 207 g/mol. The minimum absolute atomic E-state index is 0.0528. The number of Topliss-reactive ketones (excluding diaryl/α,β-unsaturated/α-hetero) is 1. The van der Waals surface area contributed by atoms with Gasteiger partial charge in [0.1, 0.15) is 5.78 Å². The fourth-order valence-electron chi connectivity index (χ4n) is 1.32. The standard InChI is InChI=1S/C10H14BNO3/c1-8(13)6-12-7-9-4-2-3-5-10(9)11(14)15/h2-5,12,14-15H,6-7H2,1H3. The number of carbonyl (C=O) groups excluding carboxylic acids is 1.